The van der Waals surface area contributed by atoms with Crippen molar-refractivity contribution in [3.63, 3.8) is 0 Å². The highest BCUT2D eigenvalue weighted by atomic mass is 19.1. The molecular weight excluding hydrogens is 255 g/mol. The zero-order chi connectivity index (χ0) is 14.4. The van der Waals surface area contributed by atoms with E-state index in [-0.39, 0.29) is 6.04 Å². The summed E-state index contributed by atoms with van der Waals surface area (Å²) in [6.45, 7) is 0. The number of hydrogen-bond donors (Lipinski definition) is 1. The molecule has 4 nitrogen and oxygen atoms in total. The van der Waals surface area contributed by atoms with Gasteiger partial charge in [0.2, 0.25) is 5.95 Å². The topological polar surface area (TPSA) is 54.5 Å². The highest BCUT2D eigenvalue weighted by Gasteiger charge is 2.07. The number of rotatable bonds is 1. The van der Waals surface area contributed by atoms with E-state index in [9.17, 15) is 4.39 Å². The summed E-state index contributed by atoms with van der Waals surface area (Å²) in [7, 11) is 0. The van der Waals surface area contributed by atoms with E-state index in [4.69, 9.17) is 1.37 Å². The van der Waals surface area contributed by atoms with Crippen LogP contribution in [0, 0.1) is 5.95 Å². The summed E-state index contributed by atoms with van der Waals surface area (Å²) < 4.78 is 20.6. The van der Waals surface area contributed by atoms with E-state index in [1.165, 1.54) is 12.3 Å². The fraction of sp³-hybridized carbons (Fsp3) is 0. The molecule has 4 rings (SSSR count). The molecule has 0 fully saturated rings. The maximum Gasteiger partial charge on any atom is 0.212 e. The number of aromatic nitrogens is 4. The van der Waals surface area contributed by atoms with Crippen LogP contribution in [0.1, 0.15) is 1.37 Å². The Labute approximate surface area is 114 Å². The van der Waals surface area contributed by atoms with Crippen LogP contribution in [-0.2, 0) is 0 Å². The third kappa shape index (κ3) is 1.64. The van der Waals surface area contributed by atoms with Gasteiger partial charge in [0, 0.05) is 34.9 Å². The number of pyridine rings is 3. The van der Waals surface area contributed by atoms with E-state index in [1.807, 2.05) is 18.2 Å². The lowest BCUT2D eigenvalue weighted by Crippen LogP contribution is -1.87. The summed E-state index contributed by atoms with van der Waals surface area (Å²) in [5.41, 5.74) is 2.94. The molecule has 0 atom stereocenters. The van der Waals surface area contributed by atoms with Crippen molar-refractivity contribution in [2.75, 3.05) is 0 Å². The molecule has 96 valence electrons. The van der Waals surface area contributed by atoms with Crippen LogP contribution in [0.2, 0.25) is 0 Å². The highest BCUT2D eigenvalue weighted by molar-refractivity contribution is 6.05. The van der Waals surface area contributed by atoms with Gasteiger partial charge in [-0.15, -0.1) is 0 Å². The average molecular weight is 265 g/mol. The van der Waals surface area contributed by atoms with Gasteiger partial charge in [-0.2, -0.15) is 4.39 Å². The van der Waals surface area contributed by atoms with E-state index in [2.05, 4.69) is 19.9 Å². The molecule has 0 unspecified atom stereocenters. The molecule has 0 radical (unpaired) electrons. The fourth-order valence-corrected chi connectivity index (χ4v) is 2.26. The minimum atomic E-state index is -0.781. The lowest BCUT2D eigenvalue weighted by molar-refractivity contribution is 0.584. The fourth-order valence-electron chi connectivity index (χ4n) is 2.26. The van der Waals surface area contributed by atoms with Crippen molar-refractivity contribution < 1.29 is 5.76 Å². The van der Waals surface area contributed by atoms with Crippen molar-refractivity contribution >= 4 is 21.9 Å². The molecule has 0 aromatic carbocycles. The molecule has 4 aromatic heterocycles. The summed E-state index contributed by atoms with van der Waals surface area (Å²) in [5.74, 6) is -0.781. The second kappa shape index (κ2) is 4.09. The van der Waals surface area contributed by atoms with Crippen LogP contribution in [0.25, 0.3) is 33.2 Å². The van der Waals surface area contributed by atoms with Gasteiger partial charge in [-0.1, -0.05) is 0 Å². The summed E-state index contributed by atoms with van der Waals surface area (Å²) in [4.78, 5) is 15.4. The smallest absolute Gasteiger partial charge is 0.212 e. The molecule has 0 bridgehead atoms. The van der Waals surface area contributed by atoms with E-state index in [0.29, 0.717) is 11.3 Å². The van der Waals surface area contributed by atoms with Crippen molar-refractivity contribution in [1.29, 1.82) is 0 Å². The normalized spacial score (nSPS) is 11.9. The standard InChI is InChI=1S/C15H9FN4/c16-14-4-1-9(7-18-14)12-3-2-10-11-8-17-6-5-13(11)20-15(10)19-12/h1-8H,(H,19,20)/i4D. The van der Waals surface area contributed by atoms with Crippen LogP contribution >= 0.6 is 0 Å². The van der Waals surface area contributed by atoms with E-state index >= 15 is 0 Å². The van der Waals surface area contributed by atoms with E-state index < -0.39 is 5.95 Å². The molecule has 0 amide bonds. The summed E-state index contributed by atoms with van der Waals surface area (Å²) in [6.07, 6.45) is 4.89. The predicted molar refractivity (Wildman–Crippen MR) is 74.6 cm³/mol. The molecule has 0 aliphatic rings. The van der Waals surface area contributed by atoms with Crippen LogP contribution in [0.5, 0.6) is 0 Å². The Morgan fingerprint density at radius 2 is 2.05 bits per heavy atom. The Hall–Kier alpha value is -2.82. The third-order valence-electron chi connectivity index (χ3n) is 3.22. The van der Waals surface area contributed by atoms with Crippen molar-refractivity contribution in [2.45, 2.75) is 0 Å². The Kier molecular flexibility index (Phi) is 2.05. The largest absolute Gasteiger partial charge is 0.339 e. The maximum absolute atomic E-state index is 13.1. The van der Waals surface area contributed by atoms with Crippen LogP contribution in [0.4, 0.5) is 4.39 Å². The van der Waals surface area contributed by atoms with Gasteiger partial charge >= 0.3 is 0 Å². The van der Waals surface area contributed by atoms with Crippen LogP contribution in [0.15, 0.2) is 48.9 Å². The van der Waals surface area contributed by atoms with Gasteiger partial charge < -0.3 is 4.98 Å². The quantitative estimate of drug-likeness (QED) is 0.537. The lowest BCUT2D eigenvalue weighted by atomic mass is 10.1. The maximum atomic E-state index is 13.1. The van der Waals surface area contributed by atoms with Crippen molar-refractivity contribution in [2.24, 2.45) is 0 Å². The number of fused-ring (bicyclic) bond motifs is 3. The Morgan fingerprint density at radius 3 is 2.95 bits per heavy atom. The number of nitrogens with one attached hydrogen (secondary N) is 1. The summed E-state index contributed by atoms with van der Waals surface area (Å²) >= 11 is 0. The first-order chi connectivity index (χ1) is 10.2. The van der Waals surface area contributed by atoms with Crippen LogP contribution in [-0.4, -0.2) is 19.9 Å². The Balaban J connectivity index is 1.94. The van der Waals surface area contributed by atoms with Crippen molar-refractivity contribution in [3.8, 4) is 11.3 Å². The number of aromatic amines is 1. The minimum Gasteiger partial charge on any atom is -0.339 e. The minimum absolute atomic E-state index is 0.241. The van der Waals surface area contributed by atoms with Crippen molar-refractivity contribution in [3.05, 3.63) is 54.8 Å². The molecule has 0 saturated carbocycles. The molecule has 1 N–H and O–H groups in total. The van der Waals surface area contributed by atoms with E-state index in [0.717, 1.165) is 21.9 Å². The molecular formula is C15H9FN4. The second-order valence-corrected chi connectivity index (χ2v) is 4.43. The second-order valence-electron chi connectivity index (χ2n) is 4.43. The Bertz CT molecular complexity index is 980. The molecule has 0 aliphatic heterocycles. The van der Waals surface area contributed by atoms with Gasteiger partial charge in [0.25, 0.3) is 0 Å². The Morgan fingerprint density at radius 1 is 1.10 bits per heavy atom. The number of H-pyrrole nitrogens is 1. The molecule has 0 aliphatic carbocycles. The monoisotopic (exact) mass is 265 g/mol. The third-order valence-corrected chi connectivity index (χ3v) is 3.22. The van der Waals surface area contributed by atoms with Gasteiger partial charge in [-0.25, -0.2) is 9.97 Å². The molecule has 0 saturated heterocycles. The van der Waals surface area contributed by atoms with E-state index in [1.54, 1.807) is 12.4 Å². The first-order valence-corrected chi connectivity index (χ1v) is 6.07. The first-order valence-electron chi connectivity index (χ1n) is 6.57. The number of hydrogen-bond acceptors (Lipinski definition) is 3. The molecule has 0 spiro atoms. The van der Waals surface area contributed by atoms with Gasteiger partial charge in [-0.05, 0) is 30.3 Å². The lowest BCUT2D eigenvalue weighted by Gasteiger charge is -2.00. The number of halogens is 1. The first kappa shape index (κ1) is 10.0. The van der Waals surface area contributed by atoms with Gasteiger partial charge in [0.05, 0.1) is 12.6 Å². The van der Waals surface area contributed by atoms with Crippen LogP contribution in [0.3, 0.4) is 0 Å². The van der Waals surface area contributed by atoms with Crippen LogP contribution < -0.4 is 0 Å². The predicted octanol–water partition coefficient (Wildman–Crippen LogP) is 3.31. The SMILES string of the molecule is [2H]c1cc(-c2ccc3c(n2)[nH]c2ccncc23)cnc1F. The van der Waals surface area contributed by atoms with Crippen molar-refractivity contribution in [1.82, 2.24) is 19.9 Å². The van der Waals surface area contributed by atoms with Gasteiger partial charge in [0.1, 0.15) is 5.65 Å². The van der Waals surface area contributed by atoms with Gasteiger partial charge in [0.15, 0.2) is 0 Å². The summed E-state index contributed by atoms with van der Waals surface area (Å²) in [6, 6.07) is 6.83. The zero-order valence-electron chi connectivity index (χ0n) is 11.3. The van der Waals surface area contributed by atoms with Gasteiger partial charge in [-0.3, -0.25) is 4.98 Å². The average Bonchev–Trinajstić information content (AvgIpc) is 2.87. The molecule has 5 heteroatoms. The zero-order valence-corrected chi connectivity index (χ0v) is 10.3. The highest BCUT2D eigenvalue weighted by Crippen LogP contribution is 2.26. The molecule has 4 aromatic rings. The summed E-state index contributed by atoms with van der Waals surface area (Å²) in [5, 5.41) is 1.98. The molecule has 20 heavy (non-hydrogen) atoms. The molecule has 4 heterocycles. The number of nitrogens with zero attached hydrogens (tertiary/aromatic N) is 3.